The molecule has 0 radical (unpaired) electrons. The molecule has 1 unspecified atom stereocenters. The van der Waals surface area contributed by atoms with Gasteiger partial charge in [0.05, 0.1) is 0 Å². The first kappa shape index (κ1) is 23.5. The lowest BCUT2D eigenvalue weighted by atomic mass is 9.84. The lowest BCUT2D eigenvalue weighted by Crippen LogP contribution is -2.61. The van der Waals surface area contributed by atoms with E-state index in [0.717, 1.165) is 18.2 Å². The molecule has 8 heteroatoms. The van der Waals surface area contributed by atoms with Crippen molar-refractivity contribution in [3.63, 3.8) is 0 Å². The second-order valence-electron chi connectivity index (χ2n) is 7.49. The number of alkyl halides is 3. The van der Waals surface area contributed by atoms with E-state index in [1.165, 1.54) is 45.0 Å². The van der Waals surface area contributed by atoms with Gasteiger partial charge in [0.2, 0.25) is 5.54 Å². The highest BCUT2D eigenvalue weighted by molar-refractivity contribution is 6.30. The molecule has 2 aromatic rings. The third-order valence-electron chi connectivity index (χ3n) is 3.99. The number of benzene rings is 2. The van der Waals surface area contributed by atoms with Crippen molar-refractivity contribution in [3.8, 4) is 0 Å². The van der Waals surface area contributed by atoms with Crippen LogP contribution in [0.2, 0.25) is 5.02 Å². The second kappa shape index (κ2) is 8.92. The first-order valence-corrected chi connectivity index (χ1v) is 9.34. The number of alkyl carbamates (subject to hydrolysis) is 1. The number of halogens is 4. The van der Waals surface area contributed by atoms with Gasteiger partial charge in [0.25, 0.3) is 0 Å². The van der Waals surface area contributed by atoms with Crippen LogP contribution in [0, 0.1) is 0 Å². The molecule has 0 heterocycles. The van der Waals surface area contributed by atoms with Crippen molar-refractivity contribution in [1.82, 2.24) is 5.32 Å². The monoisotopic (exact) mass is 439 g/mol. The molecule has 0 aliphatic carbocycles. The van der Waals surface area contributed by atoms with E-state index in [-0.39, 0.29) is 0 Å². The van der Waals surface area contributed by atoms with Crippen molar-refractivity contribution in [2.45, 2.75) is 38.1 Å². The largest absolute Gasteiger partial charge is 0.444 e. The fourth-order valence-electron chi connectivity index (χ4n) is 2.67. The summed E-state index contributed by atoms with van der Waals surface area (Å²) in [5.41, 5.74) is -4.34. The quantitative estimate of drug-likeness (QED) is 0.590. The fraction of sp³-hybridized carbons (Fsp3) is 0.273. The zero-order valence-corrected chi connectivity index (χ0v) is 17.3. The summed E-state index contributed by atoms with van der Waals surface area (Å²) in [6.45, 7) is 4.52. The highest BCUT2D eigenvalue weighted by Crippen LogP contribution is 2.40. The molecule has 1 N–H and O–H groups in total. The summed E-state index contributed by atoms with van der Waals surface area (Å²) in [6.07, 6.45) is -4.51. The zero-order valence-electron chi connectivity index (χ0n) is 16.6. The van der Waals surface area contributed by atoms with Gasteiger partial charge >= 0.3 is 12.3 Å². The SMILES string of the molecule is CC(C)(C)OC(=O)NC(C(=O)/C=C\c1ccc(Cl)cc1)(c1ccccc1)C(F)(F)F. The molecule has 30 heavy (non-hydrogen) atoms. The van der Waals surface area contributed by atoms with Crippen LogP contribution in [-0.4, -0.2) is 23.7 Å². The smallest absolute Gasteiger partial charge is 0.423 e. The Kier molecular flexibility index (Phi) is 6.98. The van der Waals surface area contributed by atoms with Gasteiger partial charge in [-0.3, -0.25) is 10.1 Å². The highest BCUT2D eigenvalue weighted by atomic mass is 35.5. The van der Waals surface area contributed by atoms with Crippen LogP contribution >= 0.6 is 11.6 Å². The lowest BCUT2D eigenvalue weighted by molar-refractivity contribution is -0.198. The third-order valence-corrected chi connectivity index (χ3v) is 4.24. The lowest BCUT2D eigenvalue weighted by Gasteiger charge is -2.35. The Morgan fingerprint density at radius 3 is 2.03 bits per heavy atom. The molecule has 0 bridgehead atoms. The highest BCUT2D eigenvalue weighted by Gasteiger charge is 2.62. The van der Waals surface area contributed by atoms with E-state index in [1.54, 1.807) is 29.6 Å². The standard InChI is InChI=1S/C22H21ClF3NO3/c1-20(2,3)30-19(29)27-21(22(24,25)26,16-7-5-4-6-8-16)18(28)14-11-15-9-12-17(23)13-10-15/h4-14H,1-3H3,(H,27,29)/b14-11-. The van der Waals surface area contributed by atoms with Crippen LogP contribution in [-0.2, 0) is 15.1 Å². The number of rotatable bonds is 5. The molecule has 0 saturated heterocycles. The molecule has 4 nitrogen and oxygen atoms in total. The first-order valence-electron chi connectivity index (χ1n) is 8.97. The summed E-state index contributed by atoms with van der Waals surface area (Å²) in [5, 5.41) is 2.22. The summed E-state index contributed by atoms with van der Waals surface area (Å²) in [4.78, 5) is 25.2. The molecule has 2 aromatic carbocycles. The third kappa shape index (κ3) is 5.63. The molecule has 1 atom stereocenters. The molecule has 0 aromatic heterocycles. The number of carbonyl (C=O) groups is 2. The van der Waals surface area contributed by atoms with E-state index >= 15 is 0 Å². The molecule has 0 aliphatic rings. The van der Waals surface area contributed by atoms with Gasteiger partial charge in [0.1, 0.15) is 5.60 Å². The maximum absolute atomic E-state index is 14.3. The Bertz CT molecular complexity index is 919. The molecular formula is C22H21ClF3NO3. The zero-order chi connectivity index (χ0) is 22.6. The molecular weight excluding hydrogens is 419 g/mol. The summed E-state index contributed by atoms with van der Waals surface area (Å²) in [6, 6.07) is 12.6. The Hall–Kier alpha value is -2.80. The van der Waals surface area contributed by atoms with E-state index in [0.29, 0.717) is 10.6 Å². The predicted molar refractivity (Wildman–Crippen MR) is 109 cm³/mol. The normalized spacial score (nSPS) is 14.2. The van der Waals surface area contributed by atoms with E-state index in [4.69, 9.17) is 16.3 Å². The summed E-state index contributed by atoms with van der Waals surface area (Å²) < 4.78 is 48.0. The van der Waals surface area contributed by atoms with E-state index in [9.17, 15) is 22.8 Å². The summed E-state index contributed by atoms with van der Waals surface area (Å²) in [5.74, 6) is -1.37. The minimum atomic E-state index is -5.15. The first-order chi connectivity index (χ1) is 13.8. The Morgan fingerprint density at radius 2 is 1.53 bits per heavy atom. The summed E-state index contributed by atoms with van der Waals surface area (Å²) in [7, 11) is 0. The topological polar surface area (TPSA) is 55.4 Å². The van der Waals surface area contributed by atoms with Crippen molar-refractivity contribution in [1.29, 1.82) is 0 Å². The molecule has 0 spiro atoms. The minimum absolute atomic E-state index is 0.436. The van der Waals surface area contributed by atoms with E-state index < -0.39 is 34.8 Å². The second-order valence-corrected chi connectivity index (χ2v) is 7.93. The Labute approximate surface area is 177 Å². The van der Waals surface area contributed by atoms with Gasteiger partial charge in [-0.2, -0.15) is 13.2 Å². The predicted octanol–water partition coefficient (Wildman–Crippen LogP) is 5.90. The molecule has 160 valence electrons. The maximum atomic E-state index is 14.3. The van der Waals surface area contributed by atoms with Crippen LogP contribution in [0.1, 0.15) is 31.9 Å². The summed E-state index contributed by atoms with van der Waals surface area (Å²) >= 11 is 5.80. The number of ketones is 1. The van der Waals surface area contributed by atoms with Crippen molar-refractivity contribution < 1.29 is 27.5 Å². The Morgan fingerprint density at radius 1 is 0.967 bits per heavy atom. The van der Waals surface area contributed by atoms with Crippen LogP contribution in [0.5, 0.6) is 0 Å². The number of carbonyl (C=O) groups excluding carboxylic acids is 2. The fourth-order valence-corrected chi connectivity index (χ4v) is 2.79. The molecule has 0 fully saturated rings. The van der Waals surface area contributed by atoms with Crippen molar-refractivity contribution in [3.05, 3.63) is 76.8 Å². The average Bonchev–Trinajstić information content (AvgIpc) is 2.63. The average molecular weight is 440 g/mol. The number of hydrogen-bond acceptors (Lipinski definition) is 3. The van der Waals surface area contributed by atoms with E-state index in [2.05, 4.69) is 0 Å². The Balaban J connectivity index is 2.54. The van der Waals surface area contributed by atoms with Crippen LogP contribution in [0.3, 0.4) is 0 Å². The molecule has 0 aliphatic heterocycles. The molecule has 2 rings (SSSR count). The number of nitrogens with one attached hydrogen (secondary N) is 1. The van der Waals surface area contributed by atoms with Gasteiger partial charge in [-0.05, 0) is 50.1 Å². The maximum Gasteiger partial charge on any atom is 0.423 e. The van der Waals surface area contributed by atoms with Gasteiger partial charge in [-0.15, -0.1) is 0 Å². The number of amides is 1. The minimum Gasteiger partial charge on any atom is -0.444 e. The van der Waals surface area contributed by atoms with Gasteiger partial charge in [-0.25, -0.2) is 4.79 Å². The number of ether oxygens (including phenoxy) is 1. The van der Waals surface area contributed by atoms with Crippen LogP contribution < -0.4 is 5.32 Å². The molecule has 1 amide bonds. The van der Waals surface area contributed by atoms with Crippen molar-refractivity contribution >= 4 is 29.6 Å². The van der Waals surface area contributed by atoms with Crippen LogP contribution in [0.25, 0.3) is 6.08 Å². The van der Waals surface area contributed by atoms with Gasteiger partial charge in [0, 0.05) is 5.02 Å². The van der Waals surface area contributed by atoms with E-state index in [1.807, 2.05) is 0 Å². The van der Waals surface area contributed by atoms with Crippen LogP contribution in [0.4, 0.5) is 18.0 Å². The van der Waals surface area contributed by atoms with Gasteiger partial charge in [-0.1, -0.05) is 60.1 Å². The van der Waals surface area contributed by atoms with Crippen molar-refractivity contribution in [2.24, 2.45) is 0 Å². The molecule has 0 saturated carbocycles. The number of hydrogen-bond donors (Lipinski definition) is 1. The van der Waals surface area contributed by atoms with Crippen LogP contribution in [0.15, 0.2) is 60.7 Å². The van der Waals surface area contributed by atoms with Gasteiger partial charge in [0.15, 0.2) is 5.78 Å². The van der Waals surface area contributed by atoms with Crippen molar-refractivity contribution in [2.75, 3.05) is 0 Å². The van der Waals surface area contributed by atoms with Gasteiger partial charge < -0.3 is 4.74 Å².